The predicted octanol–water partition coefficient (Wildman–Crippen LogP) is 5.14. The van der Waals surface area contributed by atoms with Gasteiger partial charge in [-0.1, -0.05) is 24.3 Å². The molecule has 0 unspecified atom stereocenters. The van der Waals surface area contributed by atoms with Gasteiger partial charge in [-0.2, -0.15) is 0 Å². The molecule has 31 heavy (non-hydrogen) atoms. The third-order valence-corrected chi connectivity index (χ3v) is 6.59. The Morgan fingerprint density at radius 1 is 0.645 bits per heavy atom. The first-order valence-electron chi connectivity index (χ1n) is 10.9. The van der Waals surface area contributed by atoms with E-state index in [9.17, 15) is 0 Å². The predicted molar refractivity (Wildman–Crippen MR) is 125 cm³/mol. The highest BCUT2D eigenvalue weighted by Crippen LogP contribution is 2.44. The number of rotatable bonds is 2. The topological polar surface area (TPSA) is 41.9 Å². The van der Waals surface area contributed by atoms with Crippen molar-refractivity contribution in [1.29, 1.82) is 0 Å². The maximum Gasteiger partial charge on any atom is 0.0935 e. The van der Waals surface area contributed by atoms with Crippen LogP contribution in [0.25, 0.3) is 33.9 Å². The first-order chi connectivity index (χ1) is 15.2. The number of aromatic nitrogens is 3. The largest absolute Gasteiger partial charge is 0.378 e. The molecule has 152 valence electrons. The van der Waals surface area contributed by atoms with Gasteiger partial charge in [-0.3, -0.25) is 9.97 Å². The number of anilines is 1. The molecule has 4 heteroatoms. The van der Waals surface area contributed by atoms with Crippen LogP contribution < -0.4 is 4.90 Å². The van der Waals surface area contributed by atoms with Crippen LogP contribution in [0.3, 0.4) is 0 Å². The smallest absolute Gasteiger partial charge is 0.0935 e. The lowest BCUT2D eigenvalue weighted by Crippen LogP contribution is -2.16. The maximum atomic E-state index is 5.24. The van der Waals surface area contributed by atoms with Gasteiger partial charge in [0, 0.05) is 32.2 Å². The molecule has 3 aromatic heterocycles. The van der Waals surface area contributed by atoms with Gasteiger partial charge in [-0.15, -0.1) is 0 Å². The lowest BCUT2D eigenvalue weighted by Gasteiger charge is -2.28. The van der Waals surface area contributed by atoms with Crippen LogP contribution in [0, 0.1) is 0 Å². The van der Waals surface area contributed by atoms with Gasteiger partial charge in [0.1, 0.15) is 0 Å². The number of hydrogen-bond donors (Lipinski definition) is 0. The van der Waals surface area contributed by atoms with E-state index in [1.165, 1.54) is 39.1 Å². The molecule has 0 N–H and O–H groups in total. The molecular formula is C27H24N4. The zero-order chi connectivity index (χ0) is 20.9. The number of nitrogens with zero attached hydrogens (tertiary/aromatic N) is 4. The summed E-state index contributed by atoms with van der Waals surface area (Å²) in [6.45, 7) is 0. The van der Waals surface area contributed by atoms with Crippen LogP contribution in [0.15, 0.2) is 60.9 Å². The molecular weight excluding hydrogens is 380 g/mol. The minimum Gasteiger partial charge on any atom is -0.378 e. The first kappa shape index (κ1) is 18.3. The van der Waals surface area contributed by atoms with Crippen LogP contribution in [0.2, 0.25) is 0 Å². The molecule has 3 heterocycles. The highest BCUT2D eigenvalue weighted by atomic mass is 15.1. The van der Waals surface area contributed by atoms with Crippen molar-refractivity contribution in [2.24, 2.45) is 0 Å². The Kier molecular flexibility index (Phi) is 4.13. The summed E-state index contributed by atoms with van der Waals surface area (Å²) in [5, 5.41) is 0. The van der Waals surface area contributed by atoms with Crippen LogP contribution in [-0.2, 0) is 25.7 Å². The average molecular weight is 405 g/mol. The summed E-state index contributed by atoms with van der Waals surface area (Å²) in [7, 11) is 4.16. The van der Waals surface area contributed by atoms with E-state index in [-0.39, 0.29) is 0 Å². The van der Waals surface area contributed by atoms with E-state index < -0.39 is 0 Å². The van der Waals surface area contributed by atoms with E-state index in [0.717, 1.165) is 48.5 Å². The third kappa shape index (κ3) is 2.86. The summed E-state index contributed by atoms with van der Waals surface area (Å²) in [5.41, 5.74) is 13.2. The number of pyridine rings is 3. The molecule has 0 radical (unpaired) electrons. The highest BCUT2D eigenvalue weighted by Gasteiger charge is 2.29. The van der Waals surface area contributed by atoms with Crippen molar-refractivity contribution in [3.63, 3.8) is 0 Å². The second-order valence-electron chi connectivity index (χ2n) is 8.60. The molecule has 0 spiro atoms. The summed E-state index contributed by atoms with van der Waals surface area (Å²) in [6, 6.07) is 17.4. The standard InChI is InChI=1S/C27H24N4/c1-31(2)20-11-7-17(8-12-20)23-21-13-9-18-5-3-15-28-24(18)26(21)30-27-22(23)14-10-19-6-4-16-29-25(19)27/h3-8,11-12,15-16H,9-10,13-14H2,1-2H3. The fourth-order valence-corrected chi connectivity index (χ4v) is 5.05. The zero-order valence-corrected chi connectivity index (χ0v) is 17.9. The molecule has 0 amide bonds. The van der Waals surface area contributed by atoms with Crippen LogP contribution in [0.4, 0.5) is 5.69 Å². The van der Waals surface area contributed by atoms with E-state index in [0.29, 0.717) is 0 Å². The normalized spacial score (nSPS) is 13.6. The molecule has 0 atom stereocenters. The molecule has 0 saturated heterocycles. The van der Waals surface area contributed by atoms with Crippen molar-refractivity contribution in [1.82, 2.24) is 15.0 Å². The molecule has 2 aliphatic carbocycles. The Morgan fingerprint density at radius 3 is 1.71 bits per heavy atom. The van der Waals surface area contributed by atoms with Crippen molar-refractivity contribution in [3.05, 3.63) is 83.2 Å². The molecule has 4 aromatic rings. The molecule has 1 aromatic carbocycles. The van der Waals surface area contributed by atoms with Crippen LogP contribution in [-0.4, -0.2) is 29.0 Å². The van der Waals surface area contributed by atoms with E-state index in [4.69, 9.17) is 15.0 Å². The Balaban J connectivity index is 1.66. The van der Waals surface area contributed by atoms with Crippen molar-refractivity contribution < 1.29 is 0 Å². The van der Waals surface area contributed by atoms with Gasteiger partial charge in [0.05, 0.1) is 22.8 Å². The maximum absolute atomic E-state index is 5.24. The Labute approximate surface area is 182 Å². The van der Waals surface area contributed by atoms with Gasteiger partial charge >= 0.3 is 0 Å². The Morgan fingerprint density at radius 2 is 1.19 bits per heavy atom. The monoisotopic (exact) mass is 404 g/mol. The van der Waals surface area contributed by atoms with E-state index in [2.05, 4.69) is 55.4 Å². The Bertz CT molecular complexity index is 1230. The fraction of sp³-hybridized carbons (Fsp3) is 0.222. The molecule has 6 rings (SSSR count). The van der Waals surface area contributed by atoms with E-state index in [1.807, 2.05) is 24.5 Å². The molecule has 0 bridgehead atoms. The third-order valence-electron chi connectivity index (χ3n) is 6.59. The molecule has 0 aliphatic heterocycles. The molecule has 0 fully saturated rings. The lowest BCUT2D eigenvalue weighted by atomic mass is 9.80. The zero-order valence-electron chi connectivity index (χ0n) is 17.9. The van der Waals surface area contributed by atoms with Crippen molar-refractivity contribution in [3.8, 4) is 33.9 Å². The van der Waals surface area contributed by atoms with Gasteiger partial charge in [0.25, 0.3) is 0 Å². The minimum atomic E-state index is 0.994. The van der Waals surface area contributed by atoms with E-state index in [1.54, 1.807) is 0 Å². The molecule has 4 nitrogen and oxygen atoms in total. The molecule has 2 aliphatic rings. The van der Waals surface area contributed by atoms with Crippen molar-refractivity contribution in [2.45, 2.75) is 25.7 Å². The van der Waals surface area contributed by atoms with E-state index >= 15 is 0 Å². The number of hydrogen-bond acceptors (Lipinski definition) is 4. The van der Waals surface area contributed by atoms with Gasteiger partial charge in [-0.05, 0) is 83.3 Å². The number of fused-ring (bicyclic) bond motifs is 6. The fourth-order valence-electron chi connectivity index (χ4n) is 5.05. The van der Waals surface area contributed by atoms with Crippen molar-refractivity contribution >= 4 is 5.69 Å². The minimum absolute atomic E-state index is 0.994. The summed E-state index contributed by atoms with van der Waals surface area (Å²) >= 11 is 0. The second kappa shape index (κ2) is 7.02. The highest BCUT2D eigenvalue weighted by molar-refractivity contribution is 5.86. The Hall–Kier alpha value is -3.53. The lowest BCUT2D eigenvalue weighted by molar-refractivity contribution is 0.877. The summed E-state index contributed by atoms with van der Waals surface area (Å²) in [5.74, 6) is 0. The second-order valence-corrected chi connectivity index (χ2v) is 8.60. The van der Waals surface area contributed by atoms with Gasteiger partial charge in [0.2, 0.25) is 0 Å². The first-order valence-corrected chi connectivity index (χ1v) is 10.9. The molecule has 0 saturated carbocycles. The van der Waals surface area contributed by atoms with Gasteiger partial charge in [0.15, 0.2) is 0 Å². The summed E-state index contributed by atoms with van der Waals surface area (Å²) in [6.07, 6.45) is 7.77. The van der Waals surface area contributed by atoms with Crippen LogP contribution in [0.1, 0.15) is 22.3 Å². The van der Waals surface area contributed by atoms with Crippen molar-refractivity contribution in [2.75, 3.05) is 19.0 Å². The summed E-state index contributed by atoms with van der Waals surface area (Å²) in [4.78, 5) is 16.9. The van der Waals surface area contributed by atoms with Crippen LogP contribution in [0.5, 0.6) is 0 Å². The number of aryl methyl sites for hydroxylation is 2. The average Bonchev–Trinajstić information content (AvgIpc) is 2.82. The quantitative estimate of drug-likeness (QED) is 0.464. The SMILES string of the molecule is CN(C)c1ccc(-c2c3c(nc4c2CCc2cccnc2-4)-c2ncccc2CC3)cc1. The van der Waals surface area contributed by atoms with Gasteiger partial charge < -0.3 is 4.90 Å². The van der Waals surface area contributed by atoms with Crippen LogP contribution >= 0.6 is 0 Å². The number of benzene rings is 1. The summed E-state index contributed by atoms with van der Waals surface area (Å²) < 4.78 is 0. The van der Waals surface area contributed by atoms with Gasteiger partial charge in [-0.25, -0.2) is 4.98 Å².